The highest BCUT2D eigenvalue weighted by atomic mass is 16.7. The van der Waals surface area contributed by atoms with Crippen molar-refractivity contribution in [1.29, 1.82) is 0 Å². The molecule has 2 heterocycles. The lowest BCUT2D eigenvalue weighted by Gasteiger charge is -2.63. The van der Waals surface area contributed by atoms with Crippen molar-refractivity contribution < 1.29 is 23.7 Å². The van der Waals surface area contributed by atoms with Crippen LogP contribution in [0.4, 0.5) is 0 Å². The van der Waals surface area contributed by atoms with Crippen molar-refractivity contribution in [1.82, 2.24) is 0 Å². The number of hydrogen-bond donors (Lipinski definition) is 0. The van der Waals surface area contributed by atoms with Gasteiger partial charge in [-0.2, -0.15) is 0 Å². The van der Waals surface area contributed by atoms with E-state index in [0.29, 0.717) is 11.8 Å². The van der Waals surface area contributed by atoms with Crippen LogP contribution in [0.1, 0.15) is 72.3 Å². The Morgan fingerprint density at radius 2 is 1.74 bits per heavy atom. The molecule has 1 aromatic rings. The molecule has 4 aliphatic rings. The van der Waals surface area contributed by atoms with E-state index in [2.05, 4.69) is 20.8 Å². The molecule has 3 fully saturated rings. The van der Waals surface area contributed by atoms with Crippen LogP contribution in [0.5, 0.6) is 17.2 Å². The van der Waals surface area contributed by atoms with Crippen LogP contribution in [0, 0.1) is 22.7 Å². The number of methoxy groups -OCH3 is 1. The zero-order valence-corrected chi connectivity index (χ0v) is 20.0. The van der Waals surface area contributed by atoms with Crippen molar-refractivity contribution in [3.8, 4) is 17.2 Å². The summed E-state index contributed by atoms with van der Waals surface area (Å²) in [7, 11) is 1.75. The number of fused-ring (bicyclic) bond motifs is 3. The zero-order valence-electron chi connectivity index (χ0n) is 20.0. The maximum absolute atomic E-state index is 6.39. The highest BCUT2D eigenvalue weighted by molar-refractivity contribution is 5.56. The van der Waals surface area contributed by atoms with Gasteiger partial charge >= 0.3 is 0 Å². The summed E-state index contributed by atoms with van der Waals surface area (Å²) >= 11 is 0. The molecule has 2 aliphatic heterocycles. The summed E-state index contributed by atoms with van der Waals surface area (Å²) in [5, 5.41) is 0. The predicted molar refractivity (Wildman–Crippen MR) is 119 cm³/mol. The molecule has 2 aliphatic carbocycles. The van der Waals surface area contributed by atoms with Gasteiger partial charge in [-0.1, -0.05) is 20.8 Å². The van der Waals surface area contributed by atoms with Crippen molar-refractivity contribution >= 4 is 0 Å². The third-order valence-corrected chi connectivity index (χ3v) is 9.07. The molecule has 172 valence electrons. The third kappa shape index (κ3) is 3.02. The van der Waals surface area contributed by atoms with Crippen molar-refractivity contribution in [2.45, 2.75) is 84.7 Å². The van der Waals surface area contributed by atoms with Crippen LogP contribution in [0.15, 0.2) is 12.1 Å². The van der Waals surface area contributed by atoms with Crippen molar-refractivity contribution in [2.75, 3.05) is 20.3 Å². The Morgan fingerprint density at radius 3 is 2.45 bits per heavy atom. The van der Waals surface area contributed by atoms with Crippen LogP contribution in [-0.4, -0.2) is 31.9 Å². The Kier molecular flexibility index (Phi) is 4.84. The average molecular weight is 431 g/mol. The first-order valence-electron chi connectivity index (χ1n) is 12.0. The summed E-state index contributed by atoms with van der Waals surface area (Å²) in [4.78, 5) is 0. The lowest BCUT2D eigenvalue weighted by molar-refractivity contribution is -0.297. The Bertz CT molecular complexity index is 858. The van der Waals surface area contributed by atoms with Gasteiger partial charge in [-0.3, -0.25) is 0 Å². The minimum Gasteiger partial charge on any atom is -0.496 e. The molecule has 5 rings (SSSR count). The van der Waals surface area contributed by atoms with Gasteiger partial charge in [0.15, 0.2) is 17.3 Å². The van der Waals surface area contributed by atoms with Gasteiger partial charge in [-0.05, 0) is 61.5 Å². The molecule has 0 amide bonds. The summed E-state index contributed by atoms with van der Waals surface area (Å²) in [5.74, 6) is 2.57. The number of rotatable bonds is 3. The van der Waals surface area contributed by atoms with Gasteiger partial charge in [0.1, 0.15) is 5.75 Å². The second-order valence-electron chi connectivity index (χ2n) is 11.1. The molecule has 2 saturated carbocycles. The lowest BCUT2D eigenvalue weighted by atomic mass is 9.45. The molecule has 0 unspecified atom stereocenters. The van der Waals surface area contributed by atoms with E-state index in [0.717, 1.165) is 61.7 Å². The summed E-state index contributed by atoms with van der Waals surface area (Å²) < 4.78 is 31.0. The molecule has 1 spiro atoms. The van der Waals surface area contributed by atoms with Crippen LogP contribution in [0.25, 0.3) is 0 Å². The Hall–Kier alpha value is -1.46. The smallest absolute Gasteiger partial charge is 0.246 e. The molecule has 31 heavy (non-hydrogen) atoms. The zero-order chi connectivity index (χ0) is 22.1. The molecular weight excluding hydrogens is 392 g/mol. The maximum Gasteiger partial charge on any atom is 0.246 e. The monoisotopic (exact) mass is 430 g/mol. The quantitative estimate of drug-likeness (QED) is 0.613. The van der Waals surface area contributed by atoms with Gasteiger partial charge in [0.25, 0.3) is 0 Å². The van der Waals surface area contributed by atoms with Crippen molar-refractivity contribution in [3.05, 3.63) is 17.7 Å². The summed E-state index contributed by atoms with van der Waals surface area (Å²) in [5.41, 5.74) is 1.23. The third-order valence-electron chi connectivity index (χ3n) is 9.07. The van der Waals surface area contributed by atoms with Crippen LogP contribution >= 0.6 is 0 Å². The molecule has 5 heteroatoms. The van der Waals surface area contributed by atoms with Crippen LogP contribution in [-0.2, 0) is 15.9 Å². The molecule has 0 N–H and O–H groups in total. The summed E-state index contributed by atoms with van der Waals surface area (Å²) in [6, 6.07) is 4.00. The van der Waals surface area contributed by atoms with Gasteiger partial charge < -0.3 is 23.7 Å². The SMILES string of the molecule is COc1ccc2c(c1C[C@]1(C)[C@@H](C)CC[C@@]3(C)[C@H]1CCCC31OCCO1)OC(C)(C)O2. The molecule has 0 radical (unpaired) electrons. The van der Waals surface area contributed by atoms with E-state index in [-0.39, 0.29) is 10.8 Å². The van der Waals surface area contributed by atoms with E-state index >= 15 is 0 Å². The molecule has 4 atom stereocenters. The van der Waals surface area contributed by atoms with E-state index in [1.807, 2.05) is 26.0 Å². The summed E-state index contributed by atoms with van der Waals surface area (Å²) in [6.07, 6.45) is 6.62. The molecular formula is C26H38O5. The second kappa shape index (κ2) is 7.02. The fourth-order valence-electron chi connectivity index (χ4n) is 7.30. The first-order valence-corrected chi connectivity index (χ1v) is 12.0. The first kappa shape index (κ1) is 21.4. The number of benzene rings is 1. The second-order valence-corrected chi connectivity index (χ2v) is 11.1. The summed E-state index contributed by atoms with van der Waals surface area (Å²) in [6.45, 7) is 12.7. The van der Waals surface area contributed by atoms with Crippen molar-refractivity contribution in [3.63, 3.8) is 0 Å². The Morgan fingerprint density at radius 1 is 1.00 bits per heavy atom. The highest BCUT2D eigenvalue weighted by Crippen LogP contribution is 2.66. The normalized spacial score (nSPS) is 37.6. The van der Waals surface area contributed by atoms with Crippen LogP contribution in [0.3, 0.4) is 0 Å². The number of ether oxygens (including phenoxy) is 5. The predicted octanol–water partition coefficient (Wildman–Crippen LogP) is 5.73. The Labute approximate surface area is 186 Å². The van der Waals surface area contributed by atoms with Crippen molar-refractivity contribution in [2.24, 2.45) is 22.7 Å². The topological polar surface area (TPSA) is 46.2 Å². The van der Waals surface area contributed by atoms with Gasteiger partial charge in [-0.25, -0.2) is 0 Å². The van der Waals surface area contributed by atoms with E-state index in [1.54, 1.807) is 7.11 Å². The molecule has 5 nitrogen and oxygen atoms in total. The largest absolute Gasteiger partial charge is 0.496 e. The molecule has 1 aromatic carbocycles. The number of hydrogen-bond acceptors (Lipinski definition) is 5. The fraction of sp³-hybridized carbons (Fsp3) is 0.769. The van der Waals surface area contributed by atoms with E-state index in [4.69, 9.17) is 23.7 Å². The minimum atomic E-state index is -0.655. The van der Waals surface area contributed by atoms with Gasteiger partial charge in [0, 0.05) is 31.2 Å². The van der Waals surface area contributed by atoms with E-state index < -0.39 is 11.6 Å². The highest BCUT2D eigenvalue weighted by Gasteiger charge is 2.65. The van der Waals surface area contributed by atoms with Crippen LogP contribution in [0.2, 0.25) is 0 Å². The van der Waals surface area contributed by atoms with Gasteiger partial charge in [-0.15, -0.1) is 0 Å². The molecule has 1 saturated heterocycles. The molecule has 0 bridgehead atoms. The van der Waals surface area contributed by atoms with Gasteiger partial charge in [0.05, 0.1) is 20.3 Å². The maximum atomic E-state index is 6.39. The van der Waals surface area contributed by atoms with E-state index in [1.165, 1.54) is 12.8 Å². The minimum absolute atomic E-state index is 0.0187. The fourth-order valence-corrected chi connectivity index (χ4v) is 7.30. The average Bonchev–Trinajstić information content (AvgIpc) is 3.32. The first-order chi connectivity index (χ1) is 14.6. The van der Waals surface area contributed by atoms with Crippen LogP contribution < -0.4 is 14.2 Å². The van der Waals surface area contributed by atoms with E-state index in [9.17, 15) is 0 Å². The molecule has 0 aromatic heterocycles. The Balaban J connectivity index is 1.57. The standard InChI is InChI=1S/C26H38O5/c1-17-11-13-25(5)21(8-7-12-26(25)28-14-15-29-26)24(17,4)16-18-19(27-6)9-10-20-22(18)31-23(2,3)30-20/h9-10,17,21H,7-8,11-16H2,1-6H3/t17-,21-,24+,25-/m0/s1. The lowest BCUT2D eigenvalue weighted by Crippen LogP contribution is -2.62. The van der Waals surface area contributed by atoms with Gasteiger partial charge in [0.2, 0.25) is 5.79 Å².